The Kier molecular flexibility index (Phi) is 10.4. The molecule has 1 atom stereocenters. The lowest BCUT2D eigenvalue weighted by Crippen LogP contribution is -2.48. The van der Waals surface area contributed by atoms with Crippen molar-refractivity contribution in [3.63, 3.8) is 0 Å². The summed E-state index contributed by atoms with van der Waals surface area (Å²) in [5.41, 5.74) is 1.41. The van der Waals surface area contributed by atoms with Crippen molar-refractivity contribution in [1.29, 1.82) is 0 Å². The van der Waals surface area contributed by atoms with Gasteiger partial charge in [0.1, 0.15) is 0 Å². The molecular weight excluding hydrogens is 451 g/mol. The van der Waals surface area contributed by atoms with Gasteiger partial charge < -0.3 is 15.4 Å². The summed E-state index contributed by atoms with van der Waals surface area (Å²) in [6.07, 6.45) is 6.19. The smallest absolute Gasteiger partial charge is 0.191 e. The van der Waals surface area contributed by atoms with Crippen LogP contribution in [0.15, 0.2) is 35.3 Å². The van der Waals surface area contributed by atoms with Gasteiger partial charge in [-0.1, -0.05) is 30.3 Å². The monoisotopic (exact) mass is 486 g/mol. The van der Waals surface area contributed by atoms with Gasteiger partial charge in [-0.25, -0.2) is 0 Å². The fourth-order valence-electron chi connectivity index (χ4n) is 3.78. The Morgan fingerprint density at radius 3 is 2.63 bits per heavy atom. The molecule has 0 aliphatic carbocycles. The first-order valence-electron chi connectivity index (χ1n) is 10.3. The molecule has 0 spiro atoms. The van der Waals surface area contributed by atoms with E-state index < -0.39 is 0 Å². The first-order chi connectivity index (χ1) is 12.8. The number of hydrogen-bond acceptors (Lipinski definition) is 3. The van der Waals surface area contributed by atoms with Crippen LogP contribution in [0.3, 0.4) is 0 Å². The lowest BCUT2D eigenvalue weighted by molar-refractivity contribution is 0.106. The molecule has 0 aromatic heterocycles. The highest BCUT2D eigenvalue weighted by Gasteiger charge is 2.20. The lowest BCUT2D eigenvalue weighted by atomic mass is 10.0. The third kappa shape index (κ3) is 7.95. The van der Waals surface area contributed by atoms with Crippen molar-refractivity contribution in [3.05, 3.63) is 35.9 Å². The number of guanidine groups is 1. The zero-order chi connectivity index (χ0) is 18.0. The minimum absolute atomic E-state index is 0. The first-order valence-corrected chi connectivity index (χ1v) is 10.3. The van der Waals surface area contributed by atoms with E-state index in [4.69, 9.17) is 9.73 Å². The number of aliphatic imine (C=N–C) groups is 1. The molecule has 1 aromatic rings. The maximum absolute atomic E-state index is 5.69. The Balaban J connectivity index is 0.00000261. The van der Waals surface area contributed by atoms with Crippen LogP contribution in [0.1, 0.15) is 44.6 Å². The second-order valence-corrected chi connectivity index (χ2v) is 7.36. The van der Waals surface area contributed by atoms with Crippen LogP contribution >= 0.6 is 24.0 Å². The molecule has 2 heterocycles. The standard InChI is InChI=1S/C21H34N4O.HI/c1-2-22-21(23-13-10-20-9-6-16-26-20)24-19-11-14-25(15-12-19)17-18-7-4-3-5-8-18;/h3-5,7-8,19-20H,2,6,9-17H2,1H3,(H2,22,23,24);1H. The molecular formula is C21H35IN4O. The predicted octanol–water partition coefficient (Wildman–Crippen LogP) is 3.39. The molecule has 0 amide bonds. The zero-order valence-electron chi connectivity index (χ0n) is 16.5. The molecule has 6 heteroatoms. The van der Waals surface area contributed by atoms with Gasteiger partial charge >= 0.3 is 0 Å². The summed E-state index contributed by atoms with van der Waals surface area (Å²) in [7, 11) is 0. The molecule has 3 rings (SSSR count). The summed E-state index contributed by atoms with van der Waals surface area (Å²) >= 11 is 0. The van der Waals surface area contributed by atoms with Gasteiger partial charge in [0.05, 0.1) is 6.10 Å². The number of nitrogens with one attached hydrogen (secondary N) is 2. The second kappa shape index (κ2) is 12.6. The van der Waals surface area contributed by atoms with Gasteiger partial charge in [-0.05, 0) is 44.6 Å². The zero-order valence-corrected chi connectivity index (χ0v) is 18.9. The fourth-order valence-corrected chi connectivity index (χ4v) is 3.78. The van der Waals surface area contributed by atoms with Crippen molar-refractivity contribution in [3.8, 4) is 0 Å². The van der Waals surface area contributed by atoms with Crippen molar-refractivity contribution >= 4 is 29.9 Å². The molecule has 2 fully saturated rings. The largest absolute Gasteiger partial charge is 0.378 e. The number of ether oxygens (including phenoxy) is 1. The molecule has 152 valence electrons. The minimum atomic E-state index is 0. The Bertz CT molecular complexity index is 540. The summed E-state index contributed by atoms with van der Waals surface area (Å²) in [6, 6.07) is 11.3. The van der Waals surface area contributed by atoms with Gasteiger partial charge in [0, 0.05) is 45.4 Å². The number of likely N-dealkylation sites (tertiary alicyclic amines) is 1. The number of nitrogens with zero attached hydrogens (tertiary/aromatic N) is 2. The van der Waals surface area contributed by atoms with Crippen LogP contribution in [0, 0.1) is 0 Å². The summed E-state index contributed by atoms with van der Waals surface area (Å²) in [5, 5.41) is 7.03. The highest BCUT2D eigenvalue weighted by molar-refractivity contribution is 14.0. The van der Waals surface area contributed by atoms with E-state index in [9.17, 15) is 0 Å². The lowest BCUT2D eigenvalue weighted by Gasteiger charge is -2.33. The first kappa shape index (κ1) is 22.4. The van der Waals surface area contributed by atoms with Crippen molar-refractivity contribution in [1.82, 2.24) is 15.5 Å². The minimum Gasteiger partial charge on any atom is -0.378 e. The third-order valence-corrected chi connectivity index (χ3v) is 5.27. The van der Waals surface area contributed by atoms with Crippen LogP contribution in [0.5, 0.6) is 0 Å². The summed E-state index contributed by atoms with van der Waals surface area (Å²) in [4.78, 5) is 7.31. The SMILES string of the molecule is CCNC(=NCCC1CCCO1)NC1CCN(Cc2ccccc2)CC1.I. The molecule has 0 bridgehead atoms. The van der Waals surface area contributed by atoms with Gasteiger partial charge in [0.25, 0.3) is 0 Å². The van der Waals surface area contributed by atoms with Gasteiger partial charge in [-0.2, -0.15) is 0 Å². The van der Waals surface area contributed by atoms with Crippen molar-refractivity contribution in [2.75, 3.05) is 32.8 Å². The van der Waals surface area contributed by atoms with E-state index in [0.717, 1.165) is 51.7 Å². The van der Waals surface area contributed by atoms with E-state index in [0.29, 0.717) is 12.1 Å². The van der Waals surface area contributed by atoms with Crippen LogP contribution < -0.4 is 10.6 Å². The van der Waals surface area contributed by atoms with Gasteiger partial charge in [-0.15, -0.1) is 24.0 Å². The van der Waals surface area contributed by atoms with E-state index in [2.05, 4.69) is 52.8 Å². The van der Waals surface area contributed by atoms with E-state index in [-0.39, 0.29) is 24.0 Å². The van der Waals surface area contributed by atoms with E-state index in [1.165, 1.54) is 31.2 Å². The molecule has 1 aromatic carbocycles. The Labute approximate surface area is 181 Å². The predicted molar refractivity (Wildman–Crippen MR) is 123 cm³/mol. The van der Waals surface area contributed by atoms with Gasteiger partial charge in [0.2, 0.25) is 0 Å². The van der Waals surface area contributed by atoms with E-state index in [1.54, 1.807) is 0 Å². The quantitative estimate of drug-likeness (QED) is 0.353. The Hall–Kier alpha value is -0.860. The molecule has 2 saturated heterocycles. The molecule has 2 aliphatic rings. The number of halogens is 1. The van der Waals surface area contributed by atoms with Crippen LogP contribution in [0.2, 0.25) is 0 Å². The molecule has 5 nitrogen and oxygen atoms in total. The number of benzene rings is 1. The van der Waals surface area contributed by atoms with Crippen molar-refractivity contribution in [2.24, 2.45) is 4.99 Å². The summed E-state index contributed by atoms with van der Waals surface area (Å²) in [6.45, 7) is 8.13. The molecule has 0 saturated carbocycles. The highest BCUT2D eigenvalue weighted by atomic mass is 127. The van der Waals surface area contributed by atoms with E-state index >= 15 is 0 Å². The summed E-state index contributed by atoms with van der Waals surface area (Å²) in [5.74, 6) is 0.965. The Morgan fingerprint density at radius 2 is 1.96 bits per heavy atom. The van der Waals surface area contributed by atoms with Crippen LogP contribution in [0.4, 0.5) is 0 Å². The maximum Gasteiger partial charge on any atom is 0.191 e. The Morgan fingerprint density at radius 1 is 1.19 bits per heavy atom. The maximum atomic E-state index is 5.69. The second-order valence-electron chi connectivity index (χ2n) is 7.36. The van der Waals surface area contributed by atoms with Gasteiger partial charge in [-0.3, -0.25) is 9.89 Å². The number of hydrogen-bond donors (Lipinski definition) is 2. The summed E-state index contributed by atoms with van der Waals surface area (Å²) < 4.78 is 5.69. The normalized spacial score (nSPS) is 21.7. The number of piperidine rings is 1. The number of rotatable bonds is 7. The molecule has 1 unspecified atom stereocenters. The highest BCUT2D eigenvalue weighted by Crippen LogP contribution is 2.15. The molecule has 2 N–H and O–H groups in total. The average molecular weight is 486 g/mol. The van der Waals surface area contributed by atoms with Crippen LogP contribution in [-0.4, -0.2) is 55.8 Å². The van der Waals surface area contributed by atoms with E-state index in [1.807, 2.05) is 0 Å². The van der Waals surface area contributed by atoms with Crippen LogP contribution in [-0.2, 0) is 11.3 Å². The third-order valence-electron chi connectivity index (χ3n) is 5.27. The van der Waals surface area contributed by atoms with Crippen molar-refractivity contribution in [2.45, 2.75) is 57.7 Å². The average Bonchev–Trinajstić information content (AvgIpc) is 3.18. The van der Waals surface area contributed by atoms with Gasteiger partial charge in [0.15, 0.2) is 5.96 Å². The molecule has 0 radical (unpaired) electrons. The van der Waals surface area contributed by atoms with Crippen molar-refractivity contribution < 1.29 is 4.74 Å². The molecule has 27 heavy (non-hydrogen) atoms. The fraction of sp³-hybridized carbons (Fsp3) is 0.667. The van der Waals surface area contributed by atoms with Crippen LogP contribution in [0.25, 0.3) is 0 Å². The molecule has 2 aliphatic heterocycles. The topological polar surface area (TPSA) is 48.9 Å².